The molecule has 0 aliphatic carbocycles. The van der Waals surface area contributed by atoms with Crippen molar-refractivity contribution in [2.24, 2.45) is 0 Å². The Balaban J connectivity index is 1.46. The van der Waals surface area contributed by atoms with Crippen molar-refractivity contribution in [3.05, 3.63) is 69.8 Å². The van der Waals surface area contributed by atoms with Crippen LogP contribution in [-0.2, 0) is 9.53 Å². The van der Waals surface area contributed by atoms with Gasteiger partial charge in [0.25, 0.3) is 11.8 Å². The second-order valence-corrected chi connectivity index (χ2v) is 9.80. The summed E-state index contributed by atoms with van der Waals surface area (Å²) in [4.78, 5) is 30.9. The van der Waals surface area contributed by atoms with E-state index in [2.05, 4.69) is 48.3 Å². The van der Waals surface area contributed by atoms with Gasteiger partial charge in [-0.25, -0.2) is 0 Å². The zero-order chi connectivity index (χ0) is 23.5. The molecule has 1 N–H and O–H groups in total. The third kappa shape index (κ3) is 5.19. The van der Waals surface area contributed by atoms with Gasteiger partial charge in [0.1, 0.15) is 10.7 Å². The number of nitrogens with zero attached hydrogens (tertiary/aromatic N) is 2. The van der Waals surface area contributed by atoms with Crippen LogP contribution in [0, 0.1) is 13.8 Å². The highest BCUT2D eigenvalue weighted by Crippen LogP contribution is 2.28. The van der Waals surface area contributed by atoms with Gasteiger partial charge in [0.05, 0.1) is 6.61 Å². The Morgan fingerprint density at radius 1 is 1.09 bits per heavy atom. The summed E-state index contributed by atoms with van der Waals surface area (Å²) in [6, 6.07) is 14.2. The van der Waals surface area contributed by atoms with Crippen LogP contribution in [0.1, 0.15) is 35.3 Å². The molecule has 2 amide bonds. The highest BCUT2D eigenvalue weighted by molar-refractivity contribution is 8.04. The van der Waals surface area contributed by atoms with E-state index in [9.17, 15) is 9.59 Å². The Labute approximate surface area is 200 Å². The summed E-state index contributed by atoms with van der Waals surface area (Å²) in [5.74, 6) is 1.20. The van der Waals surface area contributed by atoms with Crippen LogP contribution in [0.15, 0.2) is 53.1 Å². The Kier molecular flexibility index (Phi) is 6.98. The van der Waals surface area contributed by atoms with Crippen molar-refractivity contribution in [2.75, 3.05) is 42.2 Å². The number of carbonyl (C=O) groups is 2. The van der Waals surface area contributed by atoms with Gasteiger partial charge in [0.2, 0.25) is 0 Å². The van der Waals surface area contributed by atoms with Crippen LogP contribution in [0.3, 0.4) is 0 Å². The number of allylic oxidation sites excluding steroid dienone is 1. The predicted octanol–water partition coefficient (Wildman–Crippen LogP) is 4.59. The molecule has 0 unspecified atom stereocenters. The minimum atomic E-state index is -0.190. The first-order valence-electron chi connectivity index (χ1n) is 11.3. The molecule has 0 aromatic heterocycles. The Bertz CT molecular complexity index is 1100. The van der Waals surface area contributed by atoms with Crippen LogP contribution in [-0.4, -0.2) is 54.8 Å². The zero-order valence-corrected chi connectivity index (χ0v) is 20.5. The molecule has 0 bridgehead atoms. The summed E-state index contributed by atoms with van der Waals surface area (Å²) in [6.07, 6.45) is 0. The molecule has 0 radical (unpaired) electrons. The summed E-state index contributed by atoms with van der Waals surface area (Å²) in [5.41, 5.74) is 4.59. The molecular formula is C26H31N3O3S. The van der Waals surface area contributed by atoms with E-state index < -0.39 is 0 Å². The molecule has 2 aromatic rings. The number of anilines is 2. The second-order valence-electron chi connectivity index (χ2n) is 8.70. The molecule has 4 rings (SSSR count). The predicted molar refractivity (Wildman–Crippen MR) is 135 cm³/mol. The molecule has 0 saturated carbocycles. The van der Waals surface area contributed by atoms with Gasteiger partial charge in [-0.3, -0.25) is 9.59 Å². The van der Waals surface area contributed by atoms with Crippen LogP contribution < -0.4 is 10.2 Å². The van der Waals surface area contributed by atoms with Gasteiger partial charge in [-0.1, -0.05) is 18.2 Å². The lowest BCUT2D eigenvalue weighted by atomic mass is 10.1. The SMILES string of the molecule is CC1=C(C(=O)Nc2cc(C(=O)N3CCN(c4cccc(C)c4)[C@H](C)C3)ccc2C)SCCO1. The number of rotatable bonds is 4. The first-order chi connectivity index (χ1) is 15.8. The first-order valence-corrected chi connectivity index (χ1v) is 12.3. The largest absolute Gasteiger partial charge is 0.496 e. The molecule has 2 heterocycles. The second kappa shape index (κ2) is 9.91. The standard InChI is InChI=1S/C26H31N3O3S/c1-17-6-5-7-22(14-17)29-11-10-28(16-19(29)3)26(31)21-9-8-18(2)23(15-21)27-25(30)24-20(4)32-12-13-33-24/h5-9,14-15,19H,10-13,16H2,1-4H3,(H,27,30)/t19-/m1/s1. The number of thioether (sulfide) groups is 1. The van der Waals surface area contributed by atoms with Crippen LogP contribution in [0.4, 0.5) is 11.4 Å². The molecule has 2 aromatic carbocycles. The fraction of sp³-hybridized carbons (Fsp3) is 0.385. The van der Waals surface area contributed by atoms with Crippen LogP contribution in [0.2, 0.25) is 0 Å². The average Bonchev–Trinajstić information content (AvgIpc) is 2.80. The van der Waals surface area contributed by atoms with Crippen molar-refractivity contribution in [1.82, 2.24) is 4.90 Å². The van der Waals surface area contributed by atoms with Crippen LogP contribution in [0.5, 0.6) is 0 Å². The maximum absolute atomic E-state index is 13.3. The molecule has 174 valence electrons. The third-order valence-corrected chi connectivity index (χ3v) is 7.29. The fourth-order valence-electron chi connectivity index (χ4n) is 4.31. The Morgan fingerprint density at radius 3 is 2.64 bits per heavy atom. The molecule has 7 heteroatoms. The summed E-state index contributed by atoms with van der Waals surface area (Å²) < 4.78 is 5.51. The molecule has 1 saturated heterocycles. The number of amides is 2. The third-order valence-electron chi connectivity index (χ3n) is 6.16. The lowest BCUT2D eigenvalue weighted by Crippen LogP contribution is -2.53. The van der Waals surface area contributed by atoms with Gasteiger partial charge in [-0.2, -0.15) is 0 Å². The molecule has 2 aliphatic rings. The van der Waals surface area contributed by atoms with E-state index in [1.165, 1.54) is 23.0 Å². The summed E-state index contributed by atoms with van der Waals surface area (Å²) in [5, 5.41) is 2.97. The number of ether oxygens (including phenoxy) is 1. The van der Waals surface area contributed by atoms with E-state index in [0.717, 1.165) is 17.9 Å². The van der Waals surface area contributed by atoms with E-state index in [1.807, 2.05) is 30.9 Å². The van der Waals surface area contributed by atoms with E-state index in [1.54, 1.807) is 6.07 Å². The number of hydrogen-bond donors (Lipinski definition) is 1. The van der Waals surface area contributed by atoms with Crippen molar-refractivity contribution < 1.29 is 14.3 Å². The Morgan fingerprint density at radius 2 is 1.91 bits per heavy atom. The number of nitrogens with one attached hydrogen (secondary N) is 1. The van der Waals surface area contributed by atoms with Crippen molar-refractivity contribution in [1.29, 1.82) is 0 Å². The maximum Gasteiger partial charge on any atom is 0.265 e. The minimum Gasteiger partial charge on any atom is -0.496 e. The first kappa shape index (κ1) is 23.2. The van der Waals surface area contributed by atoms with Gasteiger partial charge in [-0.15, -0.1) is 11.8 Å². The number of hydrogen-bond acceptors (Lipinski definition) is 5. The minimum absolute atomic E-state index is 0.00740. The number of benzene rings is 2. The lowest BCUT2D eigenvalue weighted by molar-refractivity contribution is -0.112. The Hall–Kier alpha value is -2.93. The monoisotopic (exact) mass is 465 g/mol. The fourth-order valence-corrected chi connectivity index (χ4v) is 5.13. The van der Waals surface area contributed by atoms with Crippen molar-refractivity contribution in [2.45, 2.75) is 33.7 Å². The quantitative estimate of drug-likeness (QED) is 0.716. The van der Waals surface area contributed by atoms with E-state index in [4.69, 9.17) is 4.74 Å². The van der Waals surface area contributed by atoms with Gasteiger partial charge >= 0.3 is 0 Å². The summed E-state index contributed by atoms with van der Waals surface area (Å²) in [7, 11) is 0. The molecule has 6 nitrogen and oxygen atoms in total. The van der Waals surface area contributed by atoms with E-state index >= 15 is 0 Å². The number of aryl methyl sites for hydroxylation is 2. The van der Waals surface area contributed by atoms with Gasteiger partial charge in [0.15, 0.2) is 0 Å². The molecule has 1 fully saturated rings. The van der Waals surface area contributed by atoms with Gasteiger partial charge in [-0.05, 0) is 63.1 Å². The maximum atomic E-state index is 13.3. The molecule has 2 aliphatic heterocycles. The average molecular weight is 466 g/mol. The van der Waals surface area contributed by atoms with Gasteiger partial charge in [0, 0.05) is 48.4 Å². The number of carbonyl (C=O) groups excluding carboxylic acids is 2. The molecule has 0 spiro atoms. The molecule has 1 atom stereocenters. The van der Waals surface area contributed by atoms with Crippen LogP contribution >= 0.6 is 11.8 Å². The van der Waals surface area contributed by atoms with Crippen molar-refractivity contribution >= 4 is 35.0 Å². The van der Waals surface area contributed by atoms with Crippen molar-refractivity contribution in [3.8, 4) is 0 Å². The smallest absolute Gasteiger partial charge is 0.265 e. The van der Waals surface area contributed by atoms with Crippen molar-refractivity contribution in [3.63, 3.8) is 0 Å². The molecular weight excluding hydrogens is 434 g/mol. The summed E-state index contributed by atoms with van der Waals surface area (Å²) >= 11 is 1.50. The topological polar surface area (TPSA) is 61.9 Å². The van der Waals surface area contributed by atoms with Gasteiger partial charge < -0.3 is 19.9 Å². The lowest BCUT2D eigenvalue weighted by Gasteiger charge is -2.41. The zero-order valence-electron chi connectivity index (χ0n) is 19.7. The van der Waals surface area contributed by atoms with E-state index in [-0.39, 0.29) is 17.9 Å². The van der Waals surface area contributed by atoms with Crippen LogP contribution in [0.25, 0.3) is 0 Å². The summed E-state index contributed by atoms with van der Waals surface area (Å²) in [6.45, 7) is 10.7. The highest BCUT2D eigenvalue weighted by atomic mass is 32.2. The van der Waals surface area contributed by atoms with E-state index in [0.29, 0.717) is 41.6 Å². The molecule has 33 heavy (non-hydrogen) atoms. The highest BCUT2D eigenvalue weighted by Gasteiger charge is 2.28. The number of piperazine rings is 1. The normalized spacial score (nSPS) is 18.7.